The molecule has 2 rings (SSSR count). The molecule has 27 heavy (non-hydrogen) atoms. The highest BCUT2D eigenvalue weighted by molar-refractivity contribution is 14.1. The van der Waals surface area contributed by atoms with E-state index in [1.807, 2.05) is 24.3 Å². The number of anilines is 1. The maximum Gasteiger partial charge on any atom is 0.271 e. The molecule has 8 heteroatoms. The van der Waals surface area contributed by atoms with Gasteiger partial charge in [-0.15, -0.1) is 0 Å². The Balaban J connectivity index is 1.93. The lowest BCUT2D eigenvalue weighted by Gasteiger charge is -2.09. The van der Waals surface area contributed by atoms with Crippen LogP contribution in [0.15, 0.2) is 47.6 Å². The Kier molecular flexibility index (Phi) is 7.59. The third-order valence-corrected chi connectivity index (χ3v) is 4.26. The third kappa shape index (κ3) is 6.24. The van der Waals surface area contributed by atoms with Crippen molar-refractivity contribution >= 4 is 45.8 Å². The number of hydrazone groups is 1. The van der Waals surface area contributed by atoms with E-state index in [4.69, 9.17) is 9.47 Å². The summed E-state index contributed by atoms with van der Waals surface area (Å²) in [4.78, 5) is 24.2. The number of carbonyl (C=O) groups is 2. The zero-order valence-corrected chi connectivity index (χ0v) is 17.4. The molecule has 0 saturated heterocycles. The monoisotopic (exact) mass is 481 g/mol. The second kappa shape index (κ2) is 9.91. The molecule has 0 aliphatic carbocycles. The van der Waals surface area contributed by atoms with Gasteiger partial charge in [-0.3, -0.25) is 9.59 Å². The van der Waals surface area contributed by atoms with E-state index in [1.54, 1.807) is 25.1 Å². The minimum absolute atomic E-state index is 0.0677. The number of nitrogens with one attached hydrogen (secondary N) is 2. The molecule has 2 N–H and O–H groups in total. The van der Waals surface area contributed by atoms with Crippen molar-refractivity contribution in [3.8, 4) is 11.5 Å². The number of benzene rings is 2. The molecule has 0 spiro atoms. The van der Waals surface area contributed by atoms with E-state index in [2.05, 4.69) is 38.4 Å². The van der Waals surface area contributed by atoms with Crippen LogP contribution in [0.25, 0.3) is 0 Å². The number of carbonyl (C=O) groups excluding carboxylic acids is 2. The number of hydrogen-bond acceptors (Lipinski definition) is 5. The molecule has 0 atom stereocenters. The Labute approximate surface area is 171 Å². The Morgan fingerprint density at radius 3 is 2.33 bits per heavy atom. The van der Waals surface area contributed by atoms with E-state index in [0.717, 1.165) is 3.57 Å². The van der Waals surface area contributed by atoms with E-state index in [1.165, 1.54) is 14.2 Å². The maximum absolute atomic E-state index is 12.2. The lowest BCUT2D eigenvalue weighted by molar-refractivity contribution is -0.115. The molecular formula is C19H20IN3O4. The standard InChI is InChI=1S/C19H20IN3O4/c1-12(10-18(24)21-15-7-5-14(20)6-8-15)22-23-19(25)13-4-9-16(26-2)17(11-13)27-3/h4-9,11H,10H2,1-3H3,(H,21,24)(H,23,25). The molecule has 2 aromatic carbocycles. The molecule has 0 unspecified atom stereocenters. The quantitative estimate of drug-likeness (QED) is 0.360. The zero-order chi connectivity index (χ0) is 19.8. The number of hydrogen-bond donors (Lipinski definition) is 2. The van der Waals surface area contributed by atoms with E-state index >= 15 is 0 Å². The average Bonchev–Trinajstić information content (AvgIpc) is 2.67. The van der Waals surface area contributed by atoms with Gasteiger partial charge in [-0.05, 0) is 72.0 Å². The first-order valence-electron chi connectivity index (χ1n) is 8.04. The first-order chi connectivity index (χ1) is 12.9. The maximum atomic E-state index is 12.2. The topological polar surface area (TPSA) is 89.0 Å². The Bertz CT molecular complexity index is 851. The van der Waals surface area contributed by atoms with Crippen molar-refractivity contribution in [2.45, 2.75) is 13.3 Å². The molecule has 0 fully saturated rings. The highest BCUT2D eigenvalue weighted by Gasteiger charge is 2.11. The van der Waals surface area contributed by atoms with Crippen LogP contribution in [-0.2, 0) is 4.79 Å². The fraction of sp³-hybridized carbons (Fsp3) is 0.211. The van der Waals surface area contributed by atoms with Crippen LogP contribution >= 0.6 is 22.6 Å². The van der Waals surface area contributed by atoms with E-state index in [0.29, 0.717) is 28.5 Å². The van der Waals surface area contributed by atoms with Crippen molar-refractivity contribution in [2.24, 2.45) is 5.10 Å². The second-order valence-corrected chi connectivity index (χ2v) is 6.84. The largest absolute Gasteiger partial charge is 0.493 e. The number of amides is 2. The number of methoxy groups -OCH3 is 2. The SMILES string of the molecule is COc1ccc(C(=O)NN=C(C)CC(=O)Nc2ccc(I)cc2)cc1OC. The van der Waals surface area contributed by atoms with Gasteiger partial charge in [-0.25, -0.2) is 5.43 Å². The van der Waals surface area contributed by atoms with Crippen molar-refractivity contribution in [3.63, 3.8) is 0 Å². The van der Waals surface area contributed by atoms with Crippen molar-refractivity contribution in [1.82, 2.24) is 5.43 Å². The van der Waals surface area contributed by atoms with Crippen LogP contribution in [0.4, 0.5) is 5.69 Å². The number of rotatable bonds is 7. The molecule has 0 heterocycles. The van der Waals surface area contributed by atoms with Crippen LogP contribution in [0.3, 0.4) is 0 Å². The van der Waals surface area contributed by atoms with Gasteiger partial charge in [-0.1, -0.05) is 0 Å². The smallest absolute Gasteiger partial charge is 0.271 e. The van der Waals surface area contributed by atoms with Crippen LogP contribution in [0.1, 0.15) is 23.7 Å². The van der Waals surface area contributed by atoms with Crippen molar-refractivity contribution in [1.29, 1.82) is 0 Å². The van der Waals surface area contributed by atoms with Crippen LogP contribution in [0.2, 0.25) is 0 Å². The number of ether oxygens (including phenoxy) is 2. The third-order valence-electron chi connectivity index (χ3n) is 3.54. The Hall–Kier alpha value is -2.62. The summed E-state index contributed by atoms with van der Waals surface area (Å²) in [6.45, 7) is 1.67. The minimum atomic E-state index is -0.409. The van der Waals surface area contributed by atoms with E-state index in [-0.39, 0.29) is 12.3 Å². The molecular weight excluding hydrogens is 461 g/mol. The van der Waals surface area contributed by atoms with Crippen LogP contribution < -0.4 is 20.2 Å². The van der Waals surface area contributed by atoms with Gasteiger partial charge in [0.05, 0.1) is 20.6 Å². The summed E-state index contributed by atoms with van der Waals surface area (Å²) in [5, 5.41) is 6.76. The van der Waals surface area contributed by atoms with Gasteiger partial charge in [0.25, 0.3) is 5.91 Å². The molecule has 0 bridgehead atoms. The first kappa shape index (κ1) is 20.7. The molecule has 142 valence electrons. The lowest BCUT2D eigenvalue weighted by Crippen LogP contribution is -2.21. The molecule has 2 aromatic rings. The minimum Gasteiger partial charge on any atom is -0.493 e. The normalized spacial score (nSPS) is 10.9. The van der Waals surface area contributed by atoms with Gasteiger partial charge in [0.2, 0.25) is 5.91 Å². The predicted octanol–water partition coefficient (Wildman–Crippen LogP) is 3.44. The van der Waals surface area contributed by atoms with Crippen molar-refractivity contribution < 1.29 is 19.1 Å². The molecule has 2 amide bonds. The molecule has 7 nitrogen and oxygen atoms in total. The fourth-order valence-corrected chi connectivity index (χ4v) is 2.56. The zero-order valence-electron chi connectivity index (χ0n) is 15.2. The summed E-state index contributed by atoms with van der Waals surface area (Å²) < 4.78 is 11.4. The summed E-state index contributed by atoms with van der Waals surface area (Å²) in [5.41, 5.74) is 3.99. The first-order valence-corrected chi connectivity index (χ1v) is 9.11. The van der Waals surface area contributed by atoms with Gasteiger partial charge in [0, 0.05) is 20.5 Å². The van der Waals surface area contributed by atoms with E-state index < -0.39 is 5.91 Å². The number of nitrogens with zero attached hydrogens (tertiary/aromatic N) is 1. The fourth-order valence-electron chi connectivity index (χ4n) is 2.20. The van der Waals surface area contributed by atoms with Gasteiger partial charge >= 0.3 is 0 Å². The lowest BCUT2D eigenvalue weighted by atomic mass is 10.2. The van der Waals surface area contributed by atoms with E-state index in [9.17, 15) is 9.59 Å². The Morgan fingerprint density at radius 2 is 1.70 bits per heavy atom. The highest BCUT2D eigenvalue weighted by atomic mass is 127. The van der Waals surface area contributed by atoms with Crippen molar-refractivity contribution in [2.75, 3.05) is 19.5 Å². The summed E-state index contributed by atoms with van der Waals surface area (Å²) in [6, 6.07) is 12.3. The predicted molar refractivity (Wildman–Crippen MR) is 113 cm³/mol. The molecule has 0 aliphatic heterocycles. The van der Waals surface area contributed by atoms with Crippen LogP contribution in [0.5, 0.6) is 11.5 Å². The van der Waals surface area contributed by atoms with Gasteiger partial charge in [-0.2, -0.15) is 5.10 Å². The van der Waals surface area contributed by atoms with Crippen LogP contribution in [-0.4, -0.2) is 31.7 Å². The highest BCUT2D eigenvalue weighted by Crippen LogP contribution is 2.27. The Morgan fingerprint density at radius 1 is 1.04 bits per heavy atom. The molecule has 0 saturated carbocycles. The number of halogens is 1. The van der Waals surface area contributed by atoms with Gasteiger partial charge in [0.1, 0.15) is 0 Å². The summed E-state index contributed by atoms with van der Waals surface area (Å²) in [5.74, 6) is 0.356. The summed E-state index contributed by atoms with van der Waals surface area (Å²) >= 11 is 2.19. The second-order valence-electron chi connectivity index (χ2n) is 5.59. The molecule has 0 aromatic heterocycles. The van der Waals surface area contributed by atoms with Gasteiger partial charge < -0.3 is 14.8 Å². The molecule has 0 aliphatic rings. The molecule has 0 radical (unpaired) electrons. The summed E-state index contributed by atoms with van der Waals surface area (Å²) in [7, 11) is 3.01. The summed E-state index contributed by atoms with van der Waals surface area (Å²) in [6.07, 6.45) is 0.0677. The van der Waals surface area contributed by atoms with Crippen LogP contribution in [0, 0.1) is 3.57 Å². The van der Waals surface area contributed by atoms with Crippen molar-refractivity contribution in [3.05, 3.63) is 51.6 Å². The average molecular weight is 481 g/mol. The van der Waals surface area contributed by atoms with Gasteiger partial charge in [0.15, 0.2) is 11.5 Å².